The van der Waals surface area contributed by atoms with Gasteiger partial charge in [0.25, 0.3) is 0 Å². The van der Waals surface area contributed by atoms with Crippen LogP contribution in [0.25, 0.3) is 10.2 Å². The van der Waals surface area contributed by atoms with Crippen molar-refractivity contribution < 1.29 is 19.4 Å². The monoisotopic (exact) mass is 372 g/mol. The van der Waals surface area contributed by atoms with Gasteiger partial charge in [-0.25, -0.2) is 19.7 Å². The Morgan fingerprint density at radius 2 is 2.31 bits per heavy atom. The third-order valence-electron chi connectivity index (χ3n) is 4.11. The van der Waals surface area contributed by atoms with Gasteiger partial charge in [-0.05, 0) is 24.6 Å². The number of nitrogens with zero attached hydrogens (tertiary/aromatic N) is 3. The van der Waals surface area contributed by atoms with Crippen molar-refractivity contribution in [1.82, 2.24) is 15.0 Å². The fourth-order valence-electron chi connectivity index (χ4n) is 2.84. The second kappa shape index (κ2) is 6.85. The number of ether oxygens (including phenoxy) is 2. The molecule has 1 fully saturated rings. The summed E-state index contributed by atoms with van der Waals surface area (Å²) in [6, 6.07) is 3.63. The summed E-state index contributed by atoms with van der Waals surface area (Å²) < 4.78 is 11.3. The van der Waals surface area contributed by atoms with Gasteiger partial charge < -0.3 is 19.9 Å². The minimum Gasteiger partial charge on any atom is -0.477 e. The lowest BCUT2D eigenvalue weighted by Gasteiger charge is -2.15. The van der Waals surface area contributed by atoms with Crippen LogP contribution >= 0.6 is 11.3 Å². The van der Waals surface area contributed by atoms with Gasteiger partial charge in [-0.2, -0.15) is 0 Å². The van der Waals surface area contributed by atoms with E-state index in [1.165, 1.54) is 6.33 Å². The summed E-state index contributed by atoms with van der Waals surface area (Å²) in [6.45, 7) is 2.98. The van der Waals surface area contributed by atoms with E-state index in [-0.39, 0.29) is 11.0 Å². The second-order valence-corrected chi connectivity index (χ2v) is 6.85. The summed E-state index contributed by atoms with van der Waals surface area (Å²) in [4.78, 5) is 25.1. The van der Waals surface area contributed by atoms with Gasteiger partial charge in [0.15, 0.2) is 0 Å². The van der Waals surface area contributed by atoms with Crippen LogP contribution in [-0.2, 0) is 4.74 Å². The molecule has 0 aliphatic carbocycles. The van der Waals surface area contributed by atoms with Crippen LogP contribution in [-0.4, -0.2) is 45.3 Å². The van der Waals surface area contributed by atoms with E-state index in [2.05, 4.69) is 20.3 Å². The SMILES string of the molecule is Cc1c(C(=O)O)sc2ncnc(Nc3cccnc3O[C@H]3CCOC3)c12. The Morgan fingerprint density at radius 3 is 3.08 bits per heavy atom. The predicted octanol–water partition coefficient (Wildman–Crippen LogP) is 3.00. The Balaban J connectivity index is 1.70. The molecule has 3 aromatic rings. The average Bonchev–Trinajstić information content (AvgIpc) is 3.25. The molecule has 134 valence electrons. The molecule has 0 bridgehead atoms. The number of nitrogens with one attached hydrogen (secondary N) is 1. The van der Waals surface area contributed by atoms with Gasteiger partial charge in [0, 0.05) is 12.6 Å². The first-order chi connectivity index (χ1) is 12.6. The summed E-state index contributed by atoms with van der Waals surface area (Å²) in [7, 11) is 0. The quantitative estimate of drug-likeness (QED) is 0.704. The first-order valence-corrected chi connectivity index (χ1v) is 8.89. The number of carboxylic acids is 1. The van der Waals surface area contributed by atoms with Gasteiger partial charge in [-0.3, -0.25) is 0 Å². The Morgan fingerprint density at radius 1 is 1.42 bits per heavy atom. The molecule has 9 heteroatoms. The van der Waals surface area contributed by atoms with E-state index < -0.39 is 5.97 Å². The highest BCUT2D eigenvalue weighted by Crippen LogP contribution is 2.35. The molecule has 1 saturated heterocycles. The van der Waals surface area contributed by atoms with Crippen LogP contribution < -0.4 is 10.1 Å². The molecule has 3 aromatic heterocycles. The van der Waals surface area contributed by atoms with E-state index in [0.717, 1.165) is 17.8 Å². The fourth-order valence-corrected chi connectivity index (χ4v) is 3.83. The van der Waals surface area contributed by atoms with E-state index in [4.69, 9.17) is 9.47 Å². The molecule has 0 spiro atoms. The van der Waals surface area contributed by atoms with Gasteiger partial charge in [0.2, 0.25) is 5.88 Å². The highest BCUT2D eigenvalue weighted by Gasteiger charge is 2.21. The average molecular weight is 372 g/mol. The Labute approximate surface area is 152 Å². The fraction of sp³-hybridized carbons (Fsp3) is 0.294. The first kappa shape index (κ1) is 16.7. The van der Waals surface area contributed by atoms with Gasteiger partial charge >= 0.3 is 5.97 Å². The van der Waals surface area contributed by atoms with Crippen LogP contribution in [0.5, 0.6) is 5.88 Å². The number of hydrogen-bond donors (Lipinski definition) is 2. The number of hydrogen-bond acceptors (Lipinski definition) is 8. The number of carbonyl (C=O) groups is 1. The lowest BCUT2D eigenvalue weighted by molar-refractivity contribution is 0.0701. The molecule has 0 saturated carbocycles. The van der Waals surface area contributed by atoms with Crippen LogP contribution in [0, 0.1) is 6.92 Å². The largest absolute Gasteiger partial charge is 0.477 e. The van der Waals surface area contributed by atoms with E-state index in [0.29, 0.717) is 46.4 Å². The second-order valence-electron chi connectivity index (χ2n) is 5.85. The molecule has 0 unspecified atom stereocenters. The van der Waals surface area contributed by atoms with E-state index >= 15 is 0 Å². The highest BCUT2D eigenvalue weighted by atomic mass is 32.1. The lowest BCUT2D eigenvalue weighted by Crippen LogP contribution is -2.17. The van der Waals surface area contributed by atoms with Crippen molar-refractivity contribution in [2.45, 2.75) is 19.4 Å². The highest BCUT2D eigenvalue weighted by molar-refractivity contribution is 7.20. The van der Waals surface area contributed by atoms with Crippen LogP contribution in [0.15, 0.2) is 24.7 Å². The van der Waals surface area contributed by atoms with Gasteiger partial charge in [-0.15, -0.1) is 11.3 Å². The summed E-state index contributed by atoms with van der Waals surface area (Å²) in [5, 5.41) is 13.3. The van der Waals surface area contributed by atoms with Crippen molar-refractivity contribution in [3.8, 4) is 5.88 Å². The molecule has 1 aliphatic heterocycles. The van der Waals surface area contributed by atoms with Gasteiger partial charge in [-0.1, -0.05) is 0 Å². The zero-order chi connectivity index (χ0) is 18.1. The maximum Gasteiger partial charge on any atom is 0.346 e. The summed E-state index contributed by atoms with van der Waals surface area (Å²) in [5.74, 6) is 0.0148. The lowest BCUT2D eigenvalue weighted by atomic mass is 10.2. The molecule has 0 radical (unpaired) electrons. The summed E-state index contributed by atoms with van der Waals surface area (Å²) in [6.07, 6.45) is 3.86. The van der Waals surface area contributed by atoms with E-state index in [9.17, 15) is 9.90 Å². The molecular weight excluding hydrogens is 356 g/mol. The molecule has 4 rings (SSSR count). The van der Waals surface area contributed by atoms with Crippen LogP contribution in [0.4, 0.5) is 11.5 Å². The third-order valence-corrected chi connectivity index (χ3v) is 5.30. The summed E-state index contributed by atoms with van der Waals surface area (Å²) >= 11 is 1.13. The minimum absolute atomic E-state index is 0.0302. The zero-order valence-electron chi connectivity index (χ0n) is 13.9. The first-order valence-electron chi connectivity index (χ1n) is 8.07. The number of fused-ring (bicyclic) bond motifs is 1. The number of rotatable bonds is 5. The zero-order valence-corrected chi connectivity index (χ0v) is 14.7. The smallest absolute Gasteiger partial charge is 0.346 e. The number of anilines is 2. The predicted molar refractivity (Wildman–Crippen MR) is 96.5 cm³/mol. The number of carboxylic acid groups (broad SMARTS) is 1. The standard InChI is InChI=1S/C17H16N4O4S/c1-9-12-14(19-8-20-16(12)26-13(9)17(22)23)21-11-3-2-5-18-15(11)25-10-4-6-24-7-10/h2-3,5,8,10H,4,6-7H2,1H3,(H,22,23)(H,19,20,21)/t10-/m0/s1. The number of aromatic carboxylic acids is 1. The van der Waals surface area contributed by atoms with Crippen molar-refractivity contribution >= 4 is 39.0 Å². The molecule has 8 nitrogen and oxygen atoms in total. The molecular formula is C17H16N4O4S. The van der Waals surface area contributed by atoms with Gasteiger partial charge in [0.05, 0.1) is 18.6 Å². The van der Waals surface area contributed by atoms with Gasteiger partial charge in [0.1, 0.15) is 33.6 Å². The Kier molecular flexibility index (Phi) is 4.39. The normalized spacial score (nSPS) is 16.7. The molecule has 0 aromatic carbocycles. The number of aryl methyl sites for hydroxylation is 1. The third kappa shape index (κ3) is 3.06. The van der Waals surface area contributed by atoms with Crippen molar-refractivity contribution in [3.63, 3.8) is 0 Å². The van der Waals surface area contributed by atoms with Crippen molar-refractivity contribution in [2.75, 3.05) is 18.5 Å². The molecule has 1 atom stereocenters. The maximum absolute atomic E-state index is 11.4. The van der Waals surface area contributed by atoms with Crippen molar-refractivity contribution in [3.05, 3.63) is 35.1 Å². The number of aromatic nitrogens is 3. The minimum atomic E-state index is -0.969. The maximum atomic E-state index is 11.4. The molecule has 0 amide bonds. The molecule has 4 heterocycles. The number of thiophene rings is 1. The van der Waals surface area contributed by atoms with E-state index in [1.807, 2.05) is 6.07 Å². The molecule has 1 aliphatic rings. The van der Waals surface area contributed by atoms with Crippen molar-refractivity contribution in [2.24, 2.45) is 0 Å². The Bertz CT molecular complexity index is 969. The van der Waals surface area contributed by atoms with Crippen LogP contribution in [0.3, 0.4) is 0 Å². The van der Waals surface area contributed by atoms with Crippen molar-refractivity contribution in [1.29, 1.82) is 0 Å². The Hall–Kier alpha value is -2.78. The van der Waals surface area contributed by atoms with Crippen LogP contribution in [0.1, 0.15) is 21.7 Å². The molecule has 2 N–H and O–H groups in total. The summed E-state index contributed by atoms with van der Waals surface area (Å²) in [5.41, 5.74) is 1.29. The number of pyridine rings is 1. The van der Waals surface area contributed by atoms with Crippen LogP contribution in [0.2, 0.25) is 0 Å². The van der Waals surface area contributed by atoms with E-state index in [1.54, 1.807) is 19.2 Å². The molecule has 26 heavy (non-hydrogen) atoms. The topological polar surface area (TPSA) is 106 Å².